The van der Waals surface area contributed by atoms with Gasteiger partial charge in [0.2, 0.25) is 0 Å². The zero-order valence-electron chi connectivity index (χ0n) is 9.39. The van der Waals surface area contributed by atoms with Gasteiger partial charge in [0.05, 0.1) is 0 Å². The van der Waals surface area contributed by atoms with Crippen molar-refractivity contribution < 1.29 is 18.0 Å². The molecule has 4 nitrogen and oxygen atoms in total. The Bertz CT molecular complexity index is 316. The summed E-state index contributed by atoms with van der Waals surface area (Å²) in [5.41, 5.74) is 3.11. The number of hydrogen-bond donors (Lipinski definition) is 2. The molecule has 1 aliphatic carbocycles. The number of nitrogens with two attached hydrogens (primary N) is 1. The molecule has 0 radical (unpaired) electrons. The van der Waals surface area contributed by atoms with Crippen LogP contribution in [0.2, 0.25) is 0 Å². The molecule has 2 rings (SSSR count). The summed E-state index contributed by atoms with van der Waals surface area (Å²) in [7, 11) is 0. The predicted octanol–water partition coefficient (Wildman–Crippen LogP) is 1.21. The Balaban J connectivity index is 2.16. The third-order valence-corrected chi connectivity index (χ3v) is 3.50. The van der Waals surface area contributed by atoms with E-state index in [1.165, 1.54) is 0 Å². The van der Waals surface area contributed by atoms with Crippen LogP contribution in [0.5, 0.6) is 0 Å². The van der Waals surface area contributed by atoms with Crippen LogP contribution in [-0.2, 0) is 0 Å². The van der Waals surface area contributed by atoms with Crippen molar-refractivity contribution in [3.63, 3.8) is 0 Å². The lowest BCUT2D eigenvalue weighted by molar-refractivity contribution is -0.211. The van der Waals surface area contributed by atoms with Crippen molar-refractivity contribution in [2.75, 3.05) is 13.1 Å². The van der Waals surface area contributed by atoms with Gasteiger partial charge in [-0.2, -0.15) is 13.2 Å². The quantitative estimate of drug-likeness (QED) is 0.775. The van der Waals surface area contributed by atoms with Gasteiger partial charge < -0.3 is 16.0 Å². The van der Waals surface area contributed by atoms with Gasteiger partial charge in [0, 0.05) is 19.1 Å². The molecular formula is C10H16F3N3O. The fourth-order valence-electron chi connectivity index (χ4n) is 2.28. The number of carbonyl (C=O) groups is 1. The van der Waals surface area contributed by atoms with E-state index in [2.05, 4.69) is 5.32 Å². The van der Waals surface area contributed by atoms with Gasteiger partial charge in [-0.15, -0.1) is 0 Å². The molecule has 0 aromatic carbocycles. The Hall–Kier alpha value is -0.980. The summed E-state index contributed by atoms with van der Waals surface area (Å²) >= 11 is 0. The van der Waals surface area contributed by atoms with Crippen molar-refractivity contribution in [3.8, 4) is 0 Å². The second kappa shape index (κ2) is 4.04. The van der Waals surface area contributed by atoms with E-state index in [9.17, 15) is 18.0 Å². The summed E-state index contributed by atoms with van der Waals surface area (Å²) in [6, 6.07) is -0.584. The summed E-state index contributed by atoms with van der Waals surface area (Å²) in [6.45, 7) is -0.455. The van der Waals surface area contributed by atoms with Crippen molar-refractivity contribution >= 4 is 6.03 Å². The van der Waals surface area contributed by atoms with Crippen molar-refractivity contribution in [1.29, 1.82) is 0 Å². The molecule has 1 aliphatic heterocycles. The first-order chi connectivity index (χ1) is 7.90. The lowest BCUT2D eigenvalue weighted by Crippen LogP contribution is -2.63. The van der Waals surface area contributed by atoms with E-state index in [0.717, 1.165) is 17.7 Å². The number of hydrogen-bond acceptors (Lipinski definition) is 2. The van der Waals surface area contributed by atoms with Crippen LogP contribution in [0.25, 0.3) is 0 Å². The average Bonchev–Trinajstić information content (AvgIpc) is 2.93. The smallest absolute Gasteiger partial charge is 0.335 e. The molecule has 2 fully saturated rings. The number of rotatable bonds is 2. The molecule has 2 aliphatic rings. The maximum Gasteiger partial charge on any atom is 0.412 e. The van der Waals surface area contributed by atoms with Crippen molar-refractivity contribution in [2.24, 2.45) is 5.73 Å². The van der Waals surface area contributed by atoms with Crippen molar-refractivity contribution in [3.05, 3.63) is 0 Å². The first kappa shape index (κ1) is 12.5. The molecule has 2 amide bonds. The van der Waals surface area contributed by atoms with Crippen LogP contribution in [0.4, 0.5) is 18.0 Å². The molecule has 1 saturated heterocycles. The van der Waals surface area contributed by atoms with E-state index in [0.29, 0.717) is 6.42 Å². The van der Waals surface area contributed by atoms with Crippen molar-refractivity contribution in [1.82, 2.24) is 10.2 Å². The molecule has 1 unspecified atom stereocenters. The predicted molar refractivity (Wildman–Crippen MR) is 55.3 cm³/mol. The number of amides is 2. The summed E-state index contributed by atoms with van der Waals surface area (Å²) in [5, 5.41) is 2.59. The van der Waals surface area contributed by atoms with E-state index in [1.807, 2.05) is 0 Å². The Morgan fingerprint density at radius 1 is 1.47 bits per heavy atom. The summed E-state index contributed by atoms with van der Waals surface area (Å²) in [4.78, 5) is 12.6. The van der Waals surface area contributed by atoms with E-state index < -0.39 is 24.3 Å². The fourth-order valence-corrected chi connectivity index (χ4v) is 2.28. The monoisotopic (exact) mass is 251 g/mol. The number of nitrogens with zero attached hydrogens (tertiary/aromatic N) is 1. The molecule has 1 saturated carbocycles. The van der Waals surface area contributed by atoms with E-state index in [-0.39, 0.29) is 19.0 Å². The molecule has 17 heavy (non-hydrogen) atoms. The van der Waals surface area contributed by atoms with Gasteiger partial charge in [-0.25, -0.2) is 4.79 Å². The molecule has 0 aromatic rings. The highest BCUT2D eigenvalue weighted by Crippen LogP contribution is 2.42. The highest BCUT2D eigenvalue weighted by atomic mass is 19.4. The first-order valence-corrected chi connectivity index (χ1v) is 5.76. The molecule has 0 bridgehead atoms. The van der Waals surface area contributed by atoms with E-state index in [4.69, 9.17) is 5.73 Å². The molecule has 0 aromatic heterocycles. The summed E-state index contributed by atoms with van der Waals surface area (Å²) in [6.07, 6.45) is -2.54. The minimum Gasteiger partial charge on any atom is -0.335 e. The minimum atomic E-state index is -4.47. The number of halogens is 3. The fraction of sp³-hybridized carbons (Fsp3) is 0.900. The Morgan fingerprint density at radius 2 is 2.12 bits per heavy atom. The molecule has 1 heterocycles. The van der Waals surface area contributed by atoms with Gasteiger partial charge in [0.15, 0.2) is 5.54 Å². The van der Waals surface area contributed by atoms with Crippen molar-refractivity contribution in [2.45, 2.75) is 43.4 Å². The third-order valence-electron chi connectivity index (χ3n) is 3.50. The highest BCUT2D eigenvalue weighted by Gasteiger charge is 2.61. The molecule has 3 N–H and O–H groups in total. The number of alkyl halides is 3. The summed E-state index contributed by atoms with van der Waals surface area (Å²) < 4.78 is 39.2. The molecule has 7 heteroatoms. The number of likely N-dealkylation sites (tertiary alicyclic amines) is 1. The second-order valence-electron chi connectivity index (χ2n) is 4.71. The van der Waals surface area contributed by atoms with Crippen LogP contribution < -0.4 is 11.1 Å². The standard InChI is InChI=1S/C10H16F3N3O/c11-10(12,13)9(6-14)4-1-5-16(9)8(17)15-7-2-3-7/h7H,1-6,14H2,(H,15,17). The first-order valence-electron chi connectivity index (χ1n) is 5.76. The Morgan fingerprint density at radius 3 is 2.59 bits per heavy atom. The van der Waals surface area contributed by atoms with Gasteiger partial charge in [-0.1, -0.05) is 0 Å². The molecule has 0 spiro atoms. The van der Waals surface area contributed by atoms with Crippen LogP contribution in [0.15, 0.2) is 0 Å². The third kappa shape index (κ3) is 2.08. The van der Waals surface area contributed by atoms with Crippen LogP contribution in [-0.4, -0.2) is 41.8 Å². The maximum atomic E-state index is 13.1. The maximum absolute atomic E-state index is 13.1. The molecule has 1 atom stereocenters. The molecule has 98 valence electrons. The largest absolute Gasteiger partial charge is 0.412 e. The number of nitrogens with one attached hydrogen (secondary N) is 1. The van der Waals surface area contributed by atoms with Gasteiger partial charge in [-0.3, -0.25) is 0 Å². The van der Waals surface area contributed by atoms with Gasteiger partial charge in [0.1, 0.15) is 0 Å². The van der Waals surface area contributed by atoms with E-state index in [1.54, 1.807) is 0 Å². The number of carbonyl (C=O) groups excluding carboxylic acids is 1. The topological polar surface area (TPSA) is 58.4 Å². The Kier molecular flexibility index (Phi) is 2.97. The van der Waals surface area contributed by atoms with Crippen LogP contribution in [0.3, 0.4) is 0 Å². The van der Waals surface area contributed by atoms with Crippen LogP contribution >= 0.6 is 0 Å². The molecular weight excluding hydrogens is 235 g/mol. The number of urea groups is 1. The van der Waals surface area contributed by atoms with Gasteiger partial charge in [0.25, 0.3) is 0 Å². The zero-order chi connectivity index (χ0) is 12.7. The second-order valence-corrected chi connectivity index (χ2v) is 4.71. The van der Waals surface area contributed by atoms with Gasteiger partial charge in [-0.05, 0) is 25.7 Å². The van der Waals surface area contributed by atoms with Crippen LogP contribution in [0, 0.1) is 0 Å². The lowest BCUT2D eigenvalue weighted by Gasteiger charge is -2.38. The summed E-state index contributed by atoms with van der Waals surface area (Å²) in [5.74, 6) is 0. The zero-order valence-corrected chi connectivity index (χ0v) is 9.39. The van der Waals surface area contributed by atoms with Crippen LogP contribution in [0.1, 0.15) is 25.7 Å². The average molecular weight is 251 g/mol. The van der Waals surface area contributed by atoms with Gasteiger partial charge >= 0.3 is 12.2 Å². The van der Waals surface area contributed by atoms with E-state index >= 15 is 0 Å². The minimum absolute atomic E-state index is 0.0480. The normalized spacial score (nSPS) is 29.5. The Labute approximate surface area is 97.3 Å². The lowest BCUT2D eigenvalue weighted by atomic mass is 9.95. The SMILES string of the molecule is NCC1(C(F)(F)F)CCCN1C(=O)NC1CC1. The highest BCUT2D eigenvalue weighted by molar-refractivity contribution is 5.76.